The third-order valence-corrected chi connectivity index (χ3v) is 7.37. The van der Waals surface area contributed by atoms with Crippen molar-refractivity contribution in [1.29, 1.82) is 0 Å². The van der Waals surface area contributed by atoms with Crippen LogP contribution in [0.4, 0.5) is 11.4 Å². The molecule has 3 aromatic rings. The van der Waals surface area contributed by atoms with Gasteiger partial charge in [0.05, 0.1) is 28.4 Å². The van der Waals surface area contributed by atoms with Crippen molar-refractivity contribution < 1.29 is 27.6 Å². The van der Waals surface area contributed by atoms with Crippen molar-refractivity contribution in [2.45, 2.75) is 4.90 Å². The Morgan fingerprint density at radius 3 is 2.53 bits per heavy atom. The van der Waals surface area contributed by atoms with Gasteiger partial charge in [0.1, 0.15) is 13.2 Å². The fraction of sp³-hybridized carbons (Fsp3) is 0.120. The maximum absolute atomic E-state index is 13.5. The predicted octanol–water partition coefficient (Wildman–Crippen LogP) is 4.28. The van der Waals surface area contributed by atoms with E-state index < -0.39 is 38.0 Å². The number of amides is 1. The number of rotatable bonds is 12. The number of nitro benzene ring substituents is 1. The van der Waals surface area contributed by atoms with E-state index in [1.165, 1.54) is 37.6 Å². The summed E-state index contributed by atoms with van der Waals surface area (Å²) in [6, 6.07) is 16.0. The molecule has 0 bridgehead atoms. The van der Waals surface area contributed by atoms with Gasteiger partial charge in [-0.15, -0.1) is 0 Å². The second-order valence-electron chi connectivity index (χ2n) is 7.50. The summed E-state index contributed by atoms with van der Waals surface area (Å²) in [5, 5.41) is 15.4. The Morgan fingerprint density at radius 1 is 1.18 bits per heavy atom. The first kappa shape index (κ1) is 28.3. The number of ether oxygens (including phenoxy) is 2. The lowest BCUT2D eigenvalue weighted by atomic mass is 10.2. The van der Waals surface area contributed by atoms with Gasteiger partial charge < -0.3 is 9.47 Å². The summed E-state index contributed by atoms with van der Waals surface area (Å²) in [4.78, 5) is 22.9. The molecule has 0 aliphatic carbocycles. The molecule has 0 saturated heterocycles. The van der Waals surface area contributed by atoms with Gasteiger partial charge in [-0.3, -0.25) is 19.2 Å². The van der Waals surface area contributed by atoms with E-state index in [0.717, 1.165) is 16.4 Å². The lowest BCUT2D eigenvalue weighted by Gasteiger charge is -2.23. The van der Waals surface area contributed by atoms with E-state index in [1.807, 2.05) is 0 Å². The Hall–Kier alpha value is -4.23. The highest BCUT2D eigenvalue weighted by Crippen LogP contribution is 2.36. The molecule has 0 atom stereocenters. The number of halogens is 1. The Labute approximate surface area is 227 Å². The van der Waals surface area contributed by atoms with Crippen LogP contribution in [0, 0.1) is 10.1 Å². The summed E-state index contributed by atoms with van der Waals surface area (Å²) in [6.07, 6.45) is 2.93. The highest BCUT2D eigenvalue weighted by molar-refractivity contribution is 9.10. The first-order valence-electron chi connectivity index (χ1n) is 10.9. The molecule has 0 aromatic heterocycles. The topological polar surface area (TPSA) is 140 Å². The van der Waals surface area contributed by atoms with Crippen LogP contribution in [0.5, 0.6) is 11.5 Å². The van der Waals surface area contributed by atoms with Crippen molar-refractivity contribution >= 4 is 49.4 Å². The number of anilines is 1. The number of hydrogen-bond donors (Lipinski definition) is 1. The van der Waals surface area contributed by atoms with E-state index in [4.69, 9.17) is 9.47 Å². The van der Waals surface area contributed by atoms with Gasteiger partial charge in [0, 0.05) is 6.07 Å². The number of nitrogens with zero attached hydrogens (tertiary/aromatic N) is 3. The standard InChI is InChI=1S/C25H23BrN4O7S/c1-3-13-37-25-20(26)14-18(15-22(25)36-2)16-27-28-24(31)17-29(19-9-5-4-6-10-19)38(34,35)23-12-8-7-11-21(23)30(32)33/h3-12,14-16H,1,13,17H2,2H3,(H,28,31)/b27-16+. The van der Waals surface area contributed by atoms with Crippen molar-refractivity contribution in [2.75, 3.05) is 24.6 Å². The molecular formula is C25H23BrN4O7S. The molecule has 0 fully saturated rings. The smallest absolute Gasteiger partial charge is 0.289 e. The molecular weight excluding hydrogens is 580 g/mol. The van der Waals surface area contributed by atoms with Gasteiger partial charge in [-0.05, 0) is 51.8 Å². The molecule has 38 heavy (non-hydrogen) atoms. The monoisotopic (exact) mass is 602 g/mol. The normalized spacial score (nSPS) is 11.1. The maximum atomic E-state index is 13.5. The van der Waals surface area contributed by atoms with Crippen LogP contribution in [0.25, 0.3) is 0 Å². The first-order chi connectivity index (χ1) is 18.2. The van der Waals surface area contributed by atoms with Gasteiger partial charge in [0.15, 0.2) is 16.4 Å². The Bertz CT molecular complexity index is 1460. The number of methoxy groups -OCH3 is 1. The lowest BCUT2D eigenvalue weighted by Crippen LogP contribution is -2.39. The average Bonchev–Trinajstić information content (AvgIpc) is 2.91. The number of nitrogens with one attached hydrogen (secondary N) is 1. The molecule has 198 valence electrons. The second-order valence-corrected chi connectivity index (χ2v) is 10.2. The van der Waals surface area contributed by atoms with E-state index in [0.29, 0.717) is 21.5 Å². The number of hydrazone groups is 1. The second kappa shape index (κ2) is 12.8. The predicted molar refractivity (Wildman–Crippen MR) is 146 cm³/mol. The minimum atomic E-state index is -4.49. The lowest BCUT2D eigenvalue weighted by molar-refractivity contribution is -0.387. The molecule has 0 aliphatic rings. The largest absolute Gasteiger partial charge is 0.493 e. The highest BCUT2D eigenvalue weighted by atomic mass is 79.9. The van der Waals surface area contributed by atoms with Crippen LogP contribution in [-0.4, -0.2) is 45.7 Å². The Kier molecular flexibility index (Phi) is 9.57. The molecule has 0 spiro atoms. The van der Waals surface area contributed by atoms with Gasteiger partial charge in [-0.1, -0.05) is 43.0 Å². The number of carbonyl (C=O) groups is 1. The van der Waals surface area contributed by atoms with E-state index in [2.05, 4.69) is 33.0 Å². The third kappa shape index (κ3) is 6.75. The maximum Gasteiger partial charge on any atom is 0.289 e. The zero-order valence-electron chi connectivity index (χ0n) is 20.1. The highest BCUT2D eigenvalue weighted by Gasteiger charge is 2.33. The molecule has 13 heteroatoms. The number of carbonyl (C=O) groups excluding carboxylic acids is 1. The van der Waals surface area contributed by atoms with Crippen molar-refractivity contribution in [1.82, 2.24) is 5.43 Å². The molecule has 0 unspecified atom stereocenters. The summed E-state index contributed by atoms with van der Waals surface area (Å²) in [5.41, 5.74) is 2.38. The Morgan fingerprint density at radius 2 is 1.87 bits per heavy atom. The zero-order valence-corrected chi connectivity index (χ0v) is 22.5. The van der Waals surface area contributed by atoms with Crippen molar-refractivity contribution in [3.8, 4) is 11.5 Å². The molecule has 11 nitrogen and oxygen atoms in total. The van der Waals surface area contributed by atoms with Crippen molar-refractivity contribution in [3.05, 3.63) is 99.5 Å². The van der Waals surface area contributed by atoms with Gasteiger partial charge in [0.2, 0.25) is 0 Å². The number of hydrogen-bond acceptors (Lipinski definition) is 8. The fourth-order valence-electron chi connectivity index (χ4n) is 3.30. The summed E-state index contributed by atoms with van der Waals surface area (Å²) in [6.45, 7) is 3.19. The fourth-order valence-corrected chi connectivity index (χ4v) is 5.45. The summed E-state index contributed by atoms with van der Waals surface area (Å²) < 4.78 is 39.2. The average molecular weight is 603 g/mol. The molecule has 0 heterocycles. The van der Waals surface area contributed by atoms with Crippen molar-refractivity contribution in [2.24, 2.45) is 5.10 Å². The van der Waals surface area contributed by atoms with Crippen LogP contribution in [0.2, 0.25) is 0 Å². The van der Waals surface area contributed by atoms with Crippen LogP contribution >= 0.6 is 15.9 Å². The van der Waals surface area contributed by atoms with Crippen molar-refractivity contribution in [3.63, 3.8) is 0 Å². The Balaban J connectivity index is 1.85. The van der Waals surface area contributed by atoms with E-state index in [-0.39, 0.29) is 12.3 Å². The van der Waals surface area contributed by atoms with E-state index in [9.17, 15) is 23.3 Å². The molecule has 3 rings (SSSR count). The number of benzene rings is 3. The molecule has 0 radical (unpaired) electrons. The van der Waals surface area contributed by atoms with Gasteiger partial charge in [-0.2, -0.15) is 5.10 Å². The minimum Gasteiger partial charge on any atom is -0.493 e. The van der Waals surface area contributed by atoms with Gasteiger partial charge in [-0.25, -0.2) is 13.8 Å². The molecule has 0 saturated carbocycles. The van der Waals surface area contributed by atoms with Gasteiger partial charge in [0.25, 0.3) is 21.6 Å². The zero-order chi connectivity index (χ0) is 27.7. The van der Waals surface area contributed by atoms with Crippen LogP contribution in [-0.2, 0) is 14.8 Å². The quantitative estimate of drug-likeness (QED) is 0.141. The summed E-state index contributed by atoms with van der Waals surface area (Å²) in [5.74, 6) is 0.108. The minimum absolute atomic E-state index is 0.147. The SMILES string of the molecule is C=CCOc1c(Br)cc(/C=N/NC(=O)CN(c2ccccc2)S(=O)(=O)c2ccccc2[N+](=O)[O-])cc1OC. The molecule has 0 aliphatic heterocycles. The number of para-hydroxylation sites is 2. The molecule has 3 aromatic carbocycles. The molecule has 1 amide bonds. The third-order valence-electron chi connectivity index (χ3n) is 4.96. The van der Waals surface area contributed by atoms with E-state index >= 15 is 0 Å². The van der Waals surface area contributed by atoms with Crippen LogP contribution < -0.4 is 19.2 Å². The summed E-state index contributed by atoms with van der Waals surface area (Å²) in [7, 11) is -3.02. The van der Waals surface area contributed by atoms with Crippen LogP contribution in [0.15, 0.2) is 93.9 Å². The first-order valence-corrected chi connectivity index (χ1v) is 13.2. The van der Waals surface area contributed by atoms with Gasteiger partial charge >= 0.3 is 0 Å². The number of nitro groups is 1. The summed E-state index contributed by atoms with van der Waals surface area (Å²) >= 11 is 3.40. The number of sulfonamides is 1. The van der Waals surface area contributed by atoms with Crippen LogP contribution in [0.3, 0.4) is 0 Å². The molecule has 1 N–H and O–H groups in total. The van der Waals surface area contributed by atoms with Crippen LogP contribution in [0.1, 0.15) is 5.56 Å². The van der Waals surface area contributed by atoms with E-state index in [1.54, 1.807) is 36.4 Å².